The molecule has 0 bridgehead atoms. The van der Waals surface area contributed by atoms with E-state index in [2.05, 4.69) is 6.92 Å². The number of unbranched alkanes of at least 4 members (excludes halogenated alkanes) is 9. The lowest BCUT2D eigenvalue weighted by Crippen LogP contribution is -2.07. The molecule has 0 atom stereocenters. The highest BCUT2D eigenvalue weighted by Gasteiger charge is 2.12. The number of hydrogen-bond acceptors (Lipinski definition) is 3. The van der Waals surface area contributed by atoms with E-state index < -0.39 is 5.63 Å². The summed E-state index contributed by atoms with van der Waals surface area (Å²) in [4.78, 5) is 12.0. The molecule has 1 aromatic carbocycles. The van der Waals surface area contributed by atoms with Crippen LogP contribution in [-0.2, 0) is 6.42 Å². The van der Waals surface area contributed by atoms with Crippen molar-refractivity contribution in [3.05, 3.63) is 40.2 Å². The first-order chi connectivity index (χ1) is 11.7. The first-order valence-corrected chi connectivity index (χ1v) is 9.47. The molecule has 0 saturated carbocycles. The van der Waals surface area contributed by atoms with Crippen molar-refractivity contribution in [1.82, 2.24) is 0 Å². The van der Waals surface area contributed by atoms with E-state index in [1.165, 1.54) is 51.4 Å². The summed E-state index contributed by atoms with van der Waals surface area (Å²) in [5.41, 5.74) is 0.474. The molecule has 0 aliphatic carbocycles. The van der Waals surface area contributed by atoms with E-state index in [0.717, 1.165) is 12.8 Å². The maximum atomic E-state index is 12.0. The number of hydrogen-bond donors (Lipinski definition) is 1. The van der Waals surface area contributed by atoms with E-state index in [0.29, 0.717) is 23.0 Å². The SMILES string of the molecule is CCCCCCCCCCCCc1c(O)c2ccccc2oc1=O. The second-order valence-corrected chi connectivity index (χ2v) is 6.64. The minimum atomic E-state index is -0.401. The third kappa shape index (κ3) is 5.40. The van der Waals surface area contributed by atoms with Crippen molar-refractivity contribution in [1.29, 1.82) is 0 Å². The van der Waals surface area contributed by atoms with Crippen LogP contribution >= 0.6 is 0 Å². The third-order valence-electron chi connectivity index (χ3n) is 4.66. The van der Waals surface area contributed by atoms with E-state index in [1.54, 1.807) is 18.2 Å². The first kappa shape index (κ1) is 18.6. The topological polar surface area (TPSA) is 50.4 Å². The lowest BCUT2D eigenvalue weighted by molar-refractivity contribution is 0.453. The van der Waals surface area contributed by atoms with Gasteiger partial charge in [-0.05, 0) is 25.0 Å². The molecule has 0 unspecified atom stereocenters. The summed E-state index contributed by atoms with van der Waals surface area (Å²) in [6.07, 6.45) is 13.1. The van der Waals surface area contributed by atoms with E-state index in [4.69, 9.17) is 4.42 Å². The predicted octanol–water partition coefficient (Wildman–Crippen LogP) is 5.96. The summed E-state index contributed by atoms with van der Waals surface area (Å²) in [7, 11) is 0. The smallest absolute Gasteiger partial charge is 0.343 e. The van der Waals surface area contributed by atoms with Crippen molar-refractivity contribution in [2.24, 2.45) is 0 Å². The summed E-state index contributed by atoms with van der Waals surface area (Å²) < 4.78 is 5.30. The van der Waals surface area contributed by atoms with Crippen molar-refractivity contribution in [3.8, 4) is 5.75 Å². The van der Waals surface area contributed by atoms with Gasteiger partial charge in [-0.3, -0.25) is 0 Å². The first-order valence-electron chi connectivity index (χ1n) is 9.47. The van der Waals surface area contributed by atoms with Gasteiger partial charge < -0.3 is 9.52 Å². The molecule has 2 aromatic rings. The van der Waals surface area contributed by atoms with Crippen LogP contribution in [0.15, 0.2) is 33.5 Å². The highest BCUT2D eigenvalue weighted by atomic mass is 16.4. The van der Waals surface area contributed by atoms with Crippen LogP contribution in [0.5, 0.6) is 5.75 Å². The van der Waals surface area contributed by atoms with Crippen LogP contribution in [0.1, 0.15) is 76.7 Å². The number of para-hydroxylation sites is 1. The van der Waals surface area contributed by atoms with Gasteiger partial charge in [0.2, 0.25) is 0 Å². The zero-order chi connectivity index (χ0) is 17.2. The Labute approximate surface area is 144 Å². The number of rotatable bonds is 11. The minimum absolute atomic E-state index is 0.0952. The molecular weight excluding hydrogens is 300 g/mol. The zero-order valence-corrected chi connectivity index (χ0v) is 14.9. The second kappa shape index (κ2) is 10.2. The van der Waals surface area contributed by atoms with Gasteiger partial charge in [0.05, 0.1) is 10.9 Å². The fourth-order valence-electron chi connectivity index (χ4n) is 3.18. The lowest BCUT2D eigenvalue weighted by atomic mass is 10.0. The summed E-state index contributed by atoms with van der Waals surface area (Å²) in [5.74, 6) is 0.0952. The molecular formula is C21H30O3. The molecule has 0 aliphatic rings. The molecule has 0 aliphatic heterocycles. The van der Waals surface area contributed by atoms with Gasteiger partial charge in [-0.2, -0.15) is 0 Å². The van der Waals surface area contributed by atoms with E-state index in [-0.39, 0.29) is 5.75 Å². The summed E-state index contributed by atoms with van der Waals surface area (Å²) in [6.45, 7) is 2.24. The van der Waals surface area contributed by atoms with Gasteiger partial charge in [0.25, 0.3) is 0 Å². The van der Waals surface area contributed by atoms with Gasteiger partial charge in [0.15, 0.2) is 0 Å². The van der Waals surface area contributed by atoms with Crippen LogP contribution in [0.4, 0.5) is 0 Å². The Bertz CT molecular complexity index is 672. The molecule has 1 N–H and O–H groups in total. The number of aromatic hydroxyl groups is 1. The van der Waals surface area contributed by atoms with Crippen LogP contribution in [-0.4, -0.2) is 5.11 Å². The van der Waals surface area contributed by atoms with Gasteiger partial charge in [-0.15, -0.1) is 0 Å². The fourth-order valence-corrected chi connectivity index (χ4v) is 3.18. The zero-order valence-electron chi connectivity index (χ0n) is 14.9. The number of benzene rings is 1. The van der Waals surface area contributed by atoms with Crippen molar-refractivity contribution in [2.45, 2.75) is 77.6 Å². The van der Waals surface area contributed by atoms with Crippen molar-refractivity contribution < 1.29 is 9.52 Å². The van der Waals surface area contributed by atoms with E-state index in [9.17, 15) is 9.90 Å². The highest BCUT2D eigenvalue weighted by Crippen LogP contribution is 2.27. The van der Waals surface area contributed by atoms with Crippen molar-refractivity contribution in [2.75, 3.05) is 0 Å². The van der Waals surface area contributed by atoms with Gasteiger partial charge in [-0.1, -0.05) is 76.8 Å². The van der Waals surface area contributed by atoms with Crippen LogP contribution in [0.2, 0.25) is 0 Å². The van der Waals surface area contributed by atoms with Gasteiger partial charge >= 0.3 is 5.63 Å². The molecule has 24 heavy (non-hydrogen) atoms. The van der Waals surface area contributed by atoms with Crippen molar-refractivity contribution in [3.63, 3.8) is 0 Å². The minimum Gasteiger partial charge on any atom is -0.507 e. The Balaban J connectivity index is 1.71. The molecule has 3 nitrogen and oxygen atoms in total. The predicted molar refractivity (Wildman–Crippen MR) is 99.7 cm³/mol. The molecule has 3 heteroatoms. The second-order valence-electron chi connectivity index (χ2n) is 6.64. The Morgan fingerprint density at radius 1 is 0.875 bits per heavy atom. The Morgan fingerprint density at radius 2 is 1.46 bits per heavy atom. The molecule has 0 radical (unpaired) electrons. The molecule has 0 fully saturated rings. The Hall–Kier alpha value is -1.77. The summed E-state index contributed by atoms with van der Waals surface area (Å²) in [6, 6.07) is 7.13. The maximum absolute atomic E-state index is 12.0. The van der Waals surface area contributed by atoms with Gasteiger partial charge in [-0.25, -0.2) is 4.79 Å². The molecule has 2 rings (SSSR count). The van der Waals surface area contributed by atoms with Crippen molar-refractivity contribution >= 4 is 11.0 Å². The van der Waals surface area contributed by atoms with Crippen LogP contribution in [0.3, 0.4) is 0 Å². The van der Waals surface area contributed by atoms with Gasteiger partial charge in [0, 0.05) is 0 Å². The summed E-state index contributed by atoms with van der Waals surface area (Å²) >= 11 is 0. The average molecular weight is 330 g/mol. The van der Waals surface area contributed by atoms with Gasteiger partial charge in [0.1, 0.15) is 11.3 Å². The molecule has 1 aromatic heterocycles. The quantitative estimate of drug-likeness (QED) is 0.408. The average Bonchev–Trinajstić information content (AvgIpc) is 2.59. The monoisotopic (exact) mass is 330 g/mol. The van der Waals surface area contributed by atoms with E-state index >= 15 is 0 Å². The van der Waals surface area contributed by atoms with E-state index in [1.807, 2.05) is 6.07 Å². The molecule has 0 saturated heterocycles. The third-order valence-corrected chi connectivity index (χ3v) is 4.66. The Kier molecular flexibility index (Phi) is 7.87. The number of fused-ring (bicyclic) bond motifs is 1. The molecule has 1 heterocycles. The van der Waals surface area contributed by atoms with Crippen LogP contribution < -0.4 is 5.63 Å². The maximum Gasteiger partial charge on any atom is 0.343 e. The lowest BCUT2D eigenvalue weighted by Gasteiger charge is -2.06. The normalized spacial score (nSPS) is 11.2. The summed E-state index contributed by atoms with van der Waals surface area (Å²) in [5, 5.41) is 10.9. The van der Waals surface area contributed by atoms with Crippen LogP contribution in [0, 0.1) is 0 Å². The molecule has 132 valence electrons. The highest BCUT2D eigenvalue weighted by molar-refractivity contribution is 5.83. The molecule has 0 spiro atoms. The fraction of sp³-hybridized carbons (Fsp3) is 0.571. The Morgan fingerprint density at radius 3 is 2.12 bits per heavy atom. The standard InChI is InChI=1S/C21H30O3/c1-2-3-4-5-6-7-8-9-10-11-15-18-20(22)17-14-12-13-16-19(17)24-21(18)23/h12-14,16,22H,2-11,15H2,1H3. The van der Waals surface area contributed by atoms with Crippen LogP contribution in [0.25, 0.3) is 11.0 Å². The molecule has 0 amide bonds. The largest absolute Gasteiger partial charge is 0.507 e.